The molecule has 1 heterocycles. The summed E-state index contributed by atoms with van der Waals surface area (Å²) in [5.74, 6) is -1.24. The maximum atomic E-state index is 12.8. The highest BCUT2D eigenvalue weighted by atomic mass is 35.5. The van der Waals surface area contributed by atoms with E-state index >= 15 is 0 Å². The zero-order valence-electron chi connectivity index (χ0n) is 13.6. The number of nitrogens with zero attached hydrogens (tertiary/aromatic N) is 1. The average molecular weight is 384 g/mol. The first-order valence-corrected chi connectivity index (χ1v) is 9.07. The van der Waals surface area contributed by atoms with E-state index in [2.05, 4.69) is 0 Å². The molecule has 0 spiro atoms. The van der Waals surface area contributed by atoms with Crippen molar-refractivity contribution in [3.63, 3.8) is 0 Å². The van der Waals surface area contributed by atoms with Crippen molar-refractivity contribution in [1.29, 1.82) is 0 Å². The van der Waals surface area contributed by atoms with E-state index in [9.17, 15) is 14.7 Å². The first-order chi connectivity index (χ1) is 11.2. The molecule has 1 saturated heterocycles. The van der Waals surface area contributed by atoms with Gasteiger partial charge in [0.1, 0.15) is 10.4 Å². The minimum absolute atomic E-state index is 0.136. The molecule has 1 aromatic rings. The Morgan fingerprint density at radius 3 is 2.42 bits per heavy atom. The lowest BCUT2D eigenvalue weighted by Gasteiger charge is -2.24. The molecule has 7 heteroatoms. The van der Waals surface area contributed by atoms with Gasteiger partial charge in [-0.2, -0.15) is 0 Å². The van der Waals surface area contributed by atoms with Crippen molar-refractivity contribution < 1.29 is 14.7 Å². The van der Waals surface area contributed by atoms with Gasteiger partial charge in [-0.1, -0.05) is 61.6 Å². The van der Waals surface area contributed by atoms with E-state index < -0.39 is 12.0 Å². The molecule has 0 saturated carbocycles. The fourth-order valence-electron chi connectivity index (χ4n) is 2.47. The van der Waals surface area contributed by atoms with Crippen molar-refractivity contribution in [1.82, 2.24) is 4.90 Å². The Morgan fingerprint density at radius 2 is 1.92 bits per heavy atom. The highest BCUT2D eigenvalue weighted by Crippen LogP contribution is 2.38. The number of carboxylic acids is 1. The summed E-state index contributed by atoms with van der Waals surface area (Å²) in [6, 6.07) is 6.22. The molecule has 1 N–H and O–H groups in total. The van der Waals surface area contributed by atoms with Gasteiger partial charge in [-0.3, -0.25) is 9.69 Å². The smallest absolute Gasteiger partial charge is 0.326 e. The Hall–Kier alpha value is -1.37. The lowest BCUT2D eigenvalue weighted by molar-refractivity contribution is -0.145. The molecule has 2 rings (SSSR count). The van der Waals surface area contributed by atoms with Crippen molar-refractivity contribution in [2.75, 3.05) is 0 Å². The largest absolute Gasteiger partial charge is 0.480 e. The lowest BCUT2D eigenvalue weighted by atomic mass is 10.0. The van der Waals surface area contributed by atoms with Gasteiger partial charge in [0.25, 0.3) is 5.91 Å². The first kappa shape index (κ1) is 19.0. The molecule has 1 fully saturated rings. The van der Waals surface area contributed by atoms with E-state index in [0.29, 0.717) is 16.3 Å². The monoisotopic (exact) mass is 383 g/mol. The number of thiocarbonyl (C=S) groups is 1. The zero-order valence-corrected chi connectivity index (χ0v) is 16.0. The van der Waals surface area contributed by atoms with E-state index in [-0.39, 0.29) is 16.1 Å². The number of amides is 1. The van der Waals surface area contributed by atoms with E-state index in [0.717, 1.165) is 22.9 Å². The second-order valence-electron chi connectivity index (χ2n) is 5.99. The Bertz CT molecular complexity index is 713. The third kappa shape index (κ3) is 3.99. The summed E-state index contributed by atoms with van der Waals surface area (Å²) >= 11 is 12.3. The second kappa shape index (κ2) is 7.68. The molecule has 4 nitrogen and oxygen atoms in total. The van der Waals surface area contributed by atoms with E-state index in [1.807, 2.05) is 32.9 Å². The standard InChI is InChI=1S/C17H18ClNO3S2/c1-9(2)8-13(16(21)22)19-15(20)14(24-17(19)23)10(3)11-4-6-12(18)7-5-11/h4-7,9,13H,8H2,1-3H3,(H,21,22)/b14-10-. The first-order valence-electron chi connectivity index (χ1n) is 7.47. The van der Waals surface area contributed by atoms with E-state index in [1.165, 1.54) is 4.90 Å². The van der Waals surface area contributed by atoms with Crippen LogP contribution in [0.25, 0.3) is 5.57 Å². The van der Waals surface area contributed by atoms with Crippen LogP contribution in [0.15, 0.2) is 29.2 Å². The molecule has 1 unspecified atom stereocenters. The Morgan fingerprint density at radius 1 is 1.33 bits per heavy atom. The third-order valence-corrected chi connectivity index (χ3v) is 5.46. The number of carbonyl (C=O) groups is 2. The quantitative estimate of drug-likeness (QED) is 0.602. The normalized spacial score (nSPS) is 18.3. The number of thioether (sulfide) groups is 1. The second-order valence-corrected chi connectivity index (χ2v) is 8.07. The molecule has 1 amide bonds. The Balaban J connectivity index is 2.38. The number of carboxylic acid groups (broad SMARTS) is 1. The van der Waals surface area contributed by atoms with Gasteiger partial charge in [-0.15, -0.1) is 0 Å². The summed E-state index contributed by atoms with van der Waals surface area (Å²) in [5, 5.41) is 10.1. The number of rotatable bonds is 5. The van der Waals surface area contributed by atoms with Crippen LogP contribution in [0.5, 0.6) is 0 Å². The lowest BCUT2D eigenvalue weighted by Crippen LogP contribution is -2.44. The van der Waals surface area contributed by atoms with Crippen LogP contribution in [0.1, 0.15) is 32.8 Å². The van der Waals surface area contributed by atoms with Gasteiger partial charge < -0.3 is 5.11 Å². The Kier molecular flexibility index (Phi) is 6.06. The highest BCUT2D eigenvalue weighted by molar-refractivity contribution is 8.26. The number of hydrogen-bond acceptors (Lipinski definition) is 4. The van der Waals surface area contributed by atoms with Crippen molar-refractivity contribution in [3.05, 3.63) is 39.8 Å². The fraction of sp³-hybridized carbons (Fsp3) is 0.353. The molecular formula is C17H18ClNO3S2. The third-order valence-electron chi connectivity index (χ3n) is 3.71. The van der Waals surface area contributed by atoms with Crippen molar-refractivity contribution in [3.8, 4) is 0 Å². The van der Waals surface area contributed by atoms with Gasteiger partial charge in [-0.25, -0.2) is 4.79 Å². The van der Waals surface area contributed by atoms with Crippen LogP contribution in [0, 0.1) is 5.92 Å². The minimum Gasteiger partial charge on any atom is -0.480 e. The number of carbonyl (C=O) groups excluding carboxylic acids is 1. The molecule has 0 aromatic heterocycles. The molecule has 1 aliphatic heterocycles. The number of hydrogen-bond donors (Lipinski definition) is 1. The van der Waals surface area contributed by atoms with E-state index in [1.54, 1.807) is 12.1 Å². The molecule has 24 heavy (non-hydrogen) atoms. The van der Waals surface area contributed by atoms with Crippen LogP contribution in [0.3, 0.4) is 0 Å². The average Bonchev–Trinajstić information content (AvgIpc) is 2.79. The summed E-state index contributed by atoms with van der Waals surface area (Å²) in [6.07, 6.45) is 0.356. The van der Waals surface area contributed by atoms with Crippen LogP contribution in [-0.2, 0) is 9.59 Å². The van der Waals surface area contributed by atoms with E-state index in [4.69, 9.17) is 23.8 Å². The molecule has 0 bridgehead atoms. The molecule has 1 aliphatic rings. The summed E-state index contributed by atoms with van der Waals surface area (Å²) in [4.78, 5) is 26.1. The van der Waals surface area contributed by atoms with Crippen molar-refractivity contribution >= 4 is 57.4 Å². The topological polar surface area (TPSA) is 57.6 Å². The van der Waals surface area contributed by atoms with Gasteiger partial charge in [0.15, 0.2) is 0 Å². The predicted octanol–water partition coefficient (Wildman–Crippen LogP) is 4.43. The molecule has 128 valence electrons. The molecule has 0 radical (unpaired) electrons. The maximum Gasteiger partial charge on any atom is 0.326 e. The number of allylic oxidation sites excluding steroid dienone is 1. The van der Waals surface area contributed by atoms with Gasteiger partial charge in [0.2, 0.25) is 0 Å². The minimum atomic E-state index is -1.04. The summed E-state index contributed by atoms with van der Waals surface area (Å²) in [5.41, 5.74) is 1.62. The van der Waals surface area contributed by atoms with Crippen molar-refractivity contribution in [2.24, 2.45) is 5.92 Å². The number of aliphatic carboxylic acids is 1. The molecule has 1 atom stereocenters. The van der Waals surface area contributed by atoms with Crippen LogP contribution in [-0.4, -0.2) is 32.2 Å². The van der Waals surface area contributed by atoms with Crippen LogP contribution < -0.4 is 0 Å². The van der Waals surface area contributed by atoms with Gasteiger partial charge in [0.05, 0.1) is 4.91 Å². The molecule has 1 aromatic carbocycles. The number of halogens is 1. The maximum absolute atomic E-state index is 12.8. The van der Waals surface area contributed by atoms with Crippen LogP contribution in [0.4, 0.5) is 0 Å². The molecular weight excluding hydrogens is 366 g/mol. The fourth-order valence-corrected chi connectivity index (χ4v) is 4.00. The predicted molar refractivity (Wildman–Crippen MR) is 102 cm³/mol. The molecule has 0 aliphatic carbocycles. The SMILES string of the molecule is C/C(=C1/SC(=S)N(C(CC(C)C)C(=O)O)C1=O)c1ccc(Cl)cc1. The summed E-state index contributed by atoms with van der Waals surface area (Å²) in [7, 11) is 0. The highest BCUT2D eigenvalue weighted by Gasteiger charge is 2.41. The van der Waals surface area contributed by atoms with Crippen LogP contribution in [0.2, 0.25) is 5.02 Å². The van der Waals surface area contributed by atoms with Gasteiger partial charge in [0, 0.05) is 5.02 Å². The van der Waals surface area contributed by atoms with Gasteiger partial charge >= 0.3 is 5.97 Å². The number of benzene rings is 1. The van der Waals surface area contributed by atoms with Crippen LogP contribution >= 0.6 is 35.6 Å². The Labute approximate surface area is 155 Å². The summed E-state index contributed by atoms with van der Waals surface area (Å²) in [6.45, 7) is 5.67. The summed E-state index contributed by atoms with van der Waals surface area (Å²) < 4.78 is 0.288. The van der Waals surface area contributed by atoms with Crippen molar-refractivity contribution in [2.45, 2.75) is 33.2 Å². The zero-order chi connectivity index (χ0) is 18.0. The van der Waals surface area contributed by atoms with Gasteiger partial charge in [-0.05, 0) is 42.5 Å².